The summed E-state index contributed by atoms with van der Waals surface area (Å²) < 4.78 is 50.0. The Bertz CT molecular complexity index is 1450. The number of carbonyl (C=O) groups is 2. The van der Waals surface area contributed by atoms with Gasteiger partial charge in [0.2, 0.25) is 0 Å². The van der Waals surface area contributed by atoms with Crippen molar-refractivity contribution in [2.24, 2.45) is 7.05 Å². The highest BCUT2D eigenvalue weighted by atomic mass is 19.4. The summed E-state index contributed by atoms with van der Waals surface area (Å²) in [5.74, 6) is -0.684. The SMILES string of the molecule is COC(=O)Cc1ccc(CNC(=O)Nc2ccc(-c3c(OC(F)(F)F)cccc3-c3cnn(C)c3)cc2)cc1. The number of benzene rings is 3. The normalized spacial score (nSPS) is 11.1. The summed E-state index contributed by atoms with van der Waals surface area (Å²) in [5.41, 5.74) is 3.92. The number of aromatic nitrogens is 2. The lowest BCUT2D eigenvalue weighted by Crippen LogP contribution is -2.28. The zero-order chi connectivity index (χ0) is 28.0. The van der Waals surface area contributed by atoms with Gasteiger partial charge in [-0.3, -0.25) is 9.48 Å². The molecule has 202 valence electrons. The van der Waals surface area contributed by atoms with Gasteiger partial charge in [0.1, 0.15) is 5.75 Å². The van der Waals surface area contributed by atoms with Crippen LogP contribution in [0, 0.1) is 0 Å². The largest absolute Gasteiger partial charge is 0.573 e. The molecule has 0 aliphatic carbocycles. The molecular weight excluding hydrogens is 513 g/mol. The molecule has 0 fully saturated rings. The monoisotopic (exact) mass is 538 g/mol. The number of amides is 2. The molecule has 0 bridgehead atoms. The smallest absolute Gasteiger partial charge is 0.469 e. The van der Waals surface area contributed by atoms with E-state index >= 15 is 0 Å². The molecule has 11 heteroatoms. The van der Waals surface area contributed by atoms with Crippen molar-refractivity contribution >= 4 is 17.7 Å². The maximum absolute atomic E-state index is 13.2. The molecule has 0 unspecified atom stereocenters. The van der Waals surface area contributed by atoms with Gasteiger partial charge in [-0.15, -0.1) is 13.2 Å². The molecule has 4 aromatic rings. The van der Waals surface area contributed by atoms with Gasteiger partial charge in [0.25, 0.3) is 0 Å². The second-order valence-corrected chi connectivity index (χ2v) is 8.58. The minimum atomic E-state index is -4.87. The molecule has 8 nitrogen and oxygen atoms in total. The first-order valence-corrected chi connectivity index (χ1v) is 11.8. The third kappa shape index (κ3) is 7.37. The average molecular weight is 539 g/mol. The number of aryl methyl sites for hydroxylation is 1. The molecule has 0 aliphatic rings. The van der Waals surface area contributed by atoms with Crippen LogP contribution in [0.25, 0.3) is 22.3 Å². The third-order valence-corrected chi connectivity index (χ3v) is 5.75. The van der Waals surface area contributed by atoms with Gasteiger partial charge in [0.15, 0.2) is 0 Å². The topological polar surface area (TPSA) is 94.5 Å². The first-order valence-electron chi connectivity index (χ1n) is 11.8. The zero-order valence-corrected chi connectivity index (χ0v) is 21.1. The molecule has 0 spiro atoms. The van der Waals surface area contributed by atoms with Crippen LogP contribution in [-0.2, 0) is 29.5 Å². The van der Waals surface area contributed by atoms with Crippen molar-refractivity contribution in [3.8, 4) is 28.0 Å². The first kappa shape index (κ1) is 27.2. The van der Waals surface area contributed by atoms with E-state index in [2.05, 4.69) is 25.2 Å². The fraction of sp³-hybridized carbons (Fsp3) is 0.179. The molecule has 4 rings (SSSR count). The van der Waals surface area contributed by atoms with Crippen molar-refractivity contribution in [2.45, 2.75) is 19.3 Å². The molecule has 1 heterocycles. The summed E-state index contributed by atoms with van der Waals surface area (Å²) in [4.78, 5) is 23.8. The third-order valence-electron chi connectivity index (χ3n) is 5.75. The van der Waals surface area contributed by atoms with Gasteiger partial charge in [-0.25, -0.2) is 4.79 Å². The van der Waals surface area contributed by atoms with E-state index in [0.29, 0.717) is 22.4 Å². The van der Waals surface area contributed by atoms with Gasteiger partial charge in [-0.2, -0.15) is 5.10 Å². The number of anilines is 1. The van der Waals surface area contributed by atoms with Crippen molar-refractivity contribution in [1.29, 1.82) is 0 Å². The number of carbonyl (C=O) groups excluding carboxylic acids is 2. The number of methoxy groups -OCH3 is 1. The Kier molecular flexibility index (Phi) is 8.18. The quantitative estimate of drug-likeness (QED) is 0.281. The van der Waals surface area contributed by atoms with Crippen molar-refractivity contribution in [3.63, 3.8) is 0 Å². The van der Waals surface area contributed by atoms with Crippen molar-refractivity contribution in [1.82, 2.24) is 15.1 Å². The van der Waals surface area contributed by atoms with E-state index in [1.807, 2.05) is 0 Å². The highest BCUT2D eigenvalue weighted by Gasteiger charge is 2.33. The molecule has 0 saturated heterocycles. The molecule has 39 heavy (non-hydrogen) atoms. The van der Waals surface area contributed by atoms with Gasteiger partial charge in [0.05, 0.1) is 19.7 Å². The lowest BCUT2D eigenvalue weighted by molar-refractivity contribution is -0.274. The summed E-state index contributed by atoms with van der Waals surface area (Å²) in [6, 6.07) is 17.5. The second kappa shape index (κ2) is 11.7. The minimum absolute atomic E-state index is 0.164. The van der Waals surface area contributed by atoms with E-state index in [0.717, 1.165) is 11.1 Å². The number of ether oxygens (including phenoxy) is 2. The summed E-state index contributed by atoms with van der Waals surface area (Å²) in [7, 11) is 3.04. The van der Waals surface area contributed by atoms with Crippen molar-refractivity contribution < 1.29 is 32.2 Å². The lowest BCUT2D eigenvalue weighted by Gasteiger charge is -2.17. The lowest BCUT2D eigenvalue weighted by atomic mass is 9.95. The summed E-state index contributed by atoms with van der Waals surface area (Å²) in [6.07, 6.45) is -1.45. The fourth-order valence-corrected chi connectivity index (χ4v) is 3.93. The zero-order valence-electron chi connectivity index (χ0n) is 21.1. The number of nitrogens with zero attached hydrogens (tertiary/aromatic N) is 2. The molecule has 2 N–H and O–H groups in total. The number of rotatable bonds is 8. The van der Waals surface area contributed by atoms with Gasteiger partial charge in [-0.05, 0) is 40.5 Å². The molecule has 0 radical (unpaired) electrons. The average Bonchev–Trinajstić information content (AvgIpc) is 3.34. The maximum atomic E-state index is 13.2. The number of alkyl halides is 3. The van der Waals surface area contributed by atoms with Gasteiger partial charge >= 0.3 is 18.4 Å². The predicted octanol–water partition coefficient (Wildman–Crippen LogP) is 5.69. The Balaban J connectivity index is 1.46. The van der Waals surface area contributed by atoms with E-state index in [4.69, 9.17) is 0 Å². The number of hydrogen-bond acceptors (Lipinski definition) is 5. The van der Waals surface area contributed by atoms with Gasteiger partial charge < -0.3 is 20.1 Å². The highest BCUT2D eigenvalue weighted by Crippen LogP contribution is 2.41. The highest BCUT2D eigenvalue weighted by molar-refractivity contribution is 5.91. The van der Waals surface area contributed by atoms with E-state index in [1.165, 1.54) is 19.2 Å². The van der Waals surface area contributed by atoms with Gasteiger partial charge in [0, 0.05) is 36.6 Å². The number of halogens is 3. The molecule has 1 aromatic heterocycles. The van der Waals surface area contributed by atoms with E-state index in [9.17, 15) is 22.8 Å². The van der Waals surface area contributed by atoms with Crippen LogP contribution in [-0.4, -0.2) is 35.3 Å². The van der Waals surface area contributed by atoms with Crippen LogP contribution in [0.15, 0.2) is 79.1 Å². The number of hydrogen-bond donors (Lipinski definition) is 2. The van der Waals surface area contributed by atoms with Crippen molar-refractivity contribution in [2.75, 3.05) is 12.4 Å². The Morgan fingerprint density at radius 1 is 0.949 bits per heavy atom. The van der Waals surface area contributed by atoms with Crippen LogP contribution >= 0.6 is 0 Å². The molecule has 0 atom stereocenters. The predicted molar refractivity (Wildman–Crippen MR) is 139 cm³/mol. The Labute approximate surface area is 222 Å². The maximum Gasteiger partial charge on any atom is 0.573 e. The van der Waals surface area contributed by atoms with E-state index < -0.39 is 12.4 Å². The van der Waals surface area contributed by atoms with Crippen molar-refractivity contribution in [3.05, 3.63) is 90.3 Å². The number of nitrogens with one attached hydrogen (secondary N) is 2. The van der Waals surface area contributed by atoms with Gasteiger partial charge in [-0.1, -0.05) is 48.5 Å². The standard InChI is InChI=1S/C28H25F3N4O4/c1-35-17-21(16-33-35)23-4-3-5-24(39-28(29,30)31)26(23)20-10-12-22(13-11-20)34-27(37)32-15-19-8-6-18(7-9-19)14-25(36)38-2/h3-13,16-17H,14-15H2,1-2H3,(H2,32,34,37). The molecule has 0 aliphatic heterocycles. The Morgan fingerprint density at radius 3 is 2.26 bits per heavy atom. The summed E-state index contributed by atoms with van der Waals surface area (Å²) in [6.45, 7) is 0.249. The van der Waals surface area contributed by atoms with Crippen LogP contribution in [0.4, 0.5) is 23.7 Å². The second-order valence-electron chi connectivity index (χ2n) is 8.58. The minimum Gasteiger partial charge on any atom is -0.469 e. The van der Waals surface area contributed by atoms with E-state index in [-0.39, 0.29) is 30.2 Å². The summed E-state index contributed by atoms with van der Waals surface area (Å²) in [5, 5.41) is 9.56. The summed E-state index contributed by atoms with van der Waals surface area (Å²) >= 11 is 0. The molecule has 0 saturated carbocycles. The first-order chi connectivity index (χ1) is 18.6. The number of esters is 1. The Morgan fingerprint density at radius 2 is 1.64 bits per heavy atom. The number of urea groups is 1. The van der Waals surface area contributed by atoms with Crippen LogP contribution in [0.3, 0.4) is 0 Å². The van der Waals surface area contributed by atoms with Crippen LogP contribution < -0.4 is 15.4 Å². The van der Waals surface area contributed by atoms with Crippen LogP contribution in [0.1, 0.15) is 11.1 Å². The molecular formula is C28H25F3N4O4. The Hall–Kier alpha value is -4.80. The fourth-order valence-electron chi connectivity index (χ4n) is 3.93. The van der Waals surface area contributed by atoms with Crippen LogP contribution in [0.2, 0.25) is 0 Å². The van der Waals surface area contributed by atoms with E-state index in [1.54, 1.807) is 78.7 Å². The molecule has 3 aromatic carbocycles. The molecule has 2 amide bonds. The van der Waals surface area contributed by atoms with Crippen LogP contribution in [0.5, 0.6) is 5.75 Å².